The van der Waals surface area contributed by atoms with E-state index in [2.05, 4.69) is 36.1 Å². The highest BCUT2D eigenvalue weighted by atomic mass is 32.2. The molecule has 200 valence electrons. The first-order chi connectivity index (χ1) is 18.2. The molecule has 7 nitrogen and oxygen atoms in total. The maximum absolute atomic E-state index is 12.9. The van der Waals surface area contributed by atoms with Crippen molar-refractivity contribution in [2.75, 3.05) is 23.7 Å². The summed E-state index contributed by atoms with van der Waals surface area (Å²) in [4.78, 5) is 9.83. The summed E-state index contributed by atoms with van der Waals surface area (Å²) in [6.07, 6.45) is 4.11. The first-order valence-electron chi connectivity index (χ1n) is 13.4. The zero-order chi connectivity index (χ0) is 26.8. The number of fused-ring (bicyclic) bond motifs is 2. The summed E-state index contributed by atoms with van der Waals surface area (Å²) in [5.74, 6) is 2.34. The average molecular weight is 532 g/mol. The Morgan fingerprint density at radius 3 is 2.21 bits per heavy atom. The molecule has 1 heterocycles. The predicted molar refractivity (Wildman–Crippen MR) is 156 cm³/mol. The van der Waals surface area contributed by atoms with Crippen molar-refractivity contribution in [1.29, 1.82) is 0 Å². The van der Waals surface area contributed by atoms with E-state index in [1.54, 1.807) is 12.1 Å². The molecule has 8 heteroatoms. The van der Waals surface area contributed by atoms with Gasteiger partial charge in [0.2, 0.25) is 16.0 Å². The number of hydrogen-bond acceptors (Lipinski definition) is 6. The quantitative estimate of drug-likeness (QED) is 0.251. The first kappa shape index (κ1) is 26.4. The average Bonchev–Trinajstić information content (AvgIpc) is 2.90. The number of sulfonamides is 1. The van der Waals surface area contributed by atoms with E-state index in [0.717, 1.165) is 59.7 Å². The molecule has 0 atom stereocenters. The maximum Gasteiger partial charge on any atom is 0.240 e. The minimum atomic E-state index is -3.53. The SMILES string of the molecule is CC(C)(C)Nc1nc(NCC2CCC(CNS(=O)(=O)c3ccc4ccccc4c3)CC2)nc2ccccc12. The minimum absolute atomic E-state index is 0.109. The molecule has 1 aliphatic carbocycles. The van der Waals surface area contributed by atoms with Gasteiger partial charge in [-0.3, -0.25) is 0 Å². The van der Waals surface area contributed by atoms with Crippen LogP contribution in [-0.4, -0.2) is 37.0 Å². The Kier molecular flexibility index (Phi) is 7.54. The topological polar surface area (TPSA) is 96.0 Å². The fraction of sp³-hybridized carbons (Fsp3) is 0.400. The Morgan fingerprint density at radius 1 is 0.816 bits per heavy atom. The third-order valence-electron chi connectivity index (χ3n) is 7.21. The lowest BCUT2D eigenvalue weighted by Crippen LogP contribution is -2.32. The van der Waals surface area contributed by atoms with E-state index in [9.17, 15) is 8.42 Å². The molecule has 0 spiro atoms. The van der Waals surface area contributed by atoms with E-state index >= 15 is 0 Å². The van der Waals surface area contributed by atoms with Gasteiger partial charge in [0, 0.05) is 24.0 Å². The second-order valence-corrected chi connectivity index (χ2v) is 13.2. The second-order valence-electron chi connectivity index (χ2n) is 11.4. The van der Waals surface area contributed by atoms with E-state index in [0.29, 0.717) is 29.2 Å². The highest BCUT2D eigenvalue weighted by molar-refractivity contribution is 7.89. The molecule has 1 fully saturated rings. The van der Waals surface area contributed by atoms with Crippen molar-refractivity contribution >= 4 is 43.5 Å². The van der Waals surface area contributed by atoms with Crippen LogP contribution in [0.3, 0.4) is 0 Å². The number of para-hydroxylation sites is 1. The highest BCUT2D eigenvalue weighted by Crippen LogP contribution is 2.30. The molecule has 1 aromatic heterocycles. The lowest BCUT2D eigenvalue weighted by molar-refractivity contribution is 0.284. The van der Waals surface area contributed by atoms with Gasteiger partial charge in [-0.25, -0.2) is 18.1 Å². The van der Waals surface area contributed by atoms with Gasteiger partial charge in [-0.15, -0.1) is 0 Å². The van der Waals surface area contributed by atoms with E-state index < -0.39 is 10.0 Å². The number of nitrogens with one attached hydrogen (secondary N) is 3. The lowest BCUT2D eigenvalue weighted by Gasteiger charge is -2.29. The molecular formula is C30H37N5O2S. The molecule has 0 bridgehead atoms. The van der Waals surface area contributed by atoms with Crippen LogP contribution in [0, 0.1) is 11.8 Å². The smallest absolute Gasteiger partial charge is 0.240 e. The molecule has 38 heavy (non-hydrogen) atoms. The van der Waals surface area contributed by atoms with Gasteiger partial charge < -0.3 is 10.6 Å². The second kappa shape index (κ2) is 10.9. The summed E-state index contributed by atoms with van der Waals surface area (Å²) in [5.41, 5.74) is 0.807. The van der Waals surface area contributed by atoms with Crippen molar-refractivity contribution in [1.82, 2.24) is 14.7 Å². The number of nitrogens with zero attached hydrogens (tertiary/aromatic N) is 2. The van der Waals surface area contributed by atoms with Gasteiger partial charge in [-0.05, 0) is 93.3 Å². The molecule has 0 saturated heterocycles. The third-order valence-corrected chi connectivity index (χ3v) is 8.63. The summed E-state index contributed by atoms with van der Waals surface area (Å²) in [5, 5.41) is 9.95. The third kappa shape index (κ3) is 6.42. The van der Waals surface area contributed by atoms with Crippen molar-refractivity contribution in [2.24, 2.45) is 11.8 Å². The molecule has 5 rings (SSSR count). The Morgan fingerprint density at radius 2 is 1.47 bits per heavy atom. The normalized spacial score (nSPS) is 18.5. The number of rotatable bonds is 8. The van der Waals surface area contributed by atoms with Gasteiger partial charge in [0.25, 0.3) is 0 Å². The fourth-order valence-electron chi connectivity index (χ4n) is 5.13. The number of benzene rings is 3. The van der Waals surface area contributed by atoms with Gasteiger partial charge in [-0.2, -0.15) is 4.98 Å². The van der Waals surface area contributed by atoms with E-state index in [1.165, 1.54) is 0 Å². The Balaban J connectivity index is 1.14. The molecule has 0 radical (unpaired) electrons. The molecule has 0 amide bonds. The molecule has 0 unspecified atom stereocenters. The summed E-state index contributed by atoms with van der Waals surface area (Å²) < 4.78 is 28.7. The van der Waals surface area contributed by atoms with Crippen LogP contribution in [0.15, 0.2) is 71.6 Å². The van der Waals surface area contributed by atoms with Gasteiger partial charge in [0.1, 0.15) is 5.82 Å². The van der Waals surface area contributed by atoms with E-state index in [4.69, 9.17) is 9.97 Å². The molecule has 1 aliphatic rings. The summed E-state index contributed by atoms with van der Waals surface area (Å²) >= 11 is 0. The van der Waals surface area contributed by atoms with Crippen LogP contribution in [0.25, 0.3) is 21.7 Å². The Hall–Kier alpha value is -3.23. The van der Waals surface area contributed by atoms with Gasteiger partial charge in [0.15, 0.2) is 0 Å². The molecule has 0 aliphatic heterocycles. The van der Waals surface area contributed by atoms with Crippen LogP contribution in [-0.2, 0) is 10.0 Å². The Labute approximate surface area is 225 Å². The molecule has 4 aromatic rings. The van der Waals surface area contributed by atoms with E-state index in [-0.39, 0.29) is 5.54 Å². The number of hydrogen-bond donors (Lipinski definition) is 3. The van der Waals surface area contributed by atoms with Crippen LogP contribution >= 0.6 is 0 Å². The highest BCUT2D eigenvalue weighted by Gasteiger charge is 2.24. The molecule has 3 N–H and O–H groups in total. The van der Waals surface area contributed by atoms with Crippen LogP contribution < -0.4 is 15.4 Å². The van der Waals surface area contributed by atoms with Gasteiger partial charge >= 0.3 is 0 Å². The van der Waals surface area contributed by atoms with Crippen molar-refractivity contribution in [3.05, 3.63) is 66.7 Å². The largest absolute Gasteiger partial charge is 0.365 e. The summed E-state index contributed by atoms with van der Waals surface area (Å²) in [6, 6.07) is 21.2. The zero-order valence-corrected chi connectivity index (χ0v) is 23.2. The molecular weight excluding hydrogens is 494 g/mol. The van der Waals surface area contributed by atoms with E-state index in [1.807, 2.05) is 54.6 Å². The van der Waals surface area contributed by atoms with Crippen LogP contribution in [0.1, 0.15) is 46.5 Å². The van der Waals surface area contributed by atoms with Gasteiger partial charge in [0.05, 0.1) is 10.4 Å². The monoisotopic (exact) mass is 531 g/mol. The molecule has 1 saturated carbocycles. The predicted octanol–water partition coefficient (Wildman–Crippen LogP) is 6.19. The summed E-state index contributed by atoms with van der Waals surface area (Å²) in [6.45, 7) is 7.65. The zero-order valence-electron chi connectivity index (χ0n) is 22.4. The minimum Gasteiger partial charge on any atom is -0.365 e. The standard InChI is InChI=1S/C30H37N5O2S/c1-30(2,3)35-28-26-10-6-7-11-27(26)33-29(34-28)31-19-21-12-14-22(15-13-21)20-32-38(36,37)25-17-16-23-8-4-5-9-24(23)18-25/h4-11,16-18,21-22,32H,12-15,19-20H2,1-3H3,(H2,31,33,34,35). The number of aromatic nitrogens is 2. The van der Waals surface area contributed by atoms with Crippen molar-refractivity contribution < 1.29 is 8.42 Å². The Bertz CT molecular complexity index is 1520. The van der Waals surface area contributed by atoms with Crippen molar-refractivity contribution in [3.8, 4) is 0 Å². The molecule has 3 aromatic carbocycles. The fourth-order valence-corrected chi connectivity index (χ4v) is 6.28. The summed E-state index contributed by atoms with van der Waals surface area (Å²) in [7, 11) is -3.53. The van der Waals surface area contributed by atoms with Crippen molar-refractivity contribution in [2.45, 2.75) is 56.9 Å². The maximum atomic E-state index is 12.9. The van der Waals surface area contributed by atoms with Crippen LogP contribution in [0.2, 0.25) is 0 Å². The van der Waals surface area contributed by atoms with Crippen LogP contribution in [0.5, 0.6) is 0 Å². The first-order valence-corrected chi connectivity index (χ1v) is 14.9. The van der Waals surface area contributed by atoms with Gasteiger partial charge in [-0.1, -0.05) is 42.5 Å². The lowest BCUT2D eigenvalue weighted by atomic mass is 9.82. The van der Waals surface area contributed by atoms with Crippen molar-refractivity contribution in [3.63, 3.8) is 0 Å². The van der Waals surface area contributed by atoms with Crippen LogP contribution in [0.4, 0.5) is 11.8 Å². The number of anilines is 2.